The van der Waals surface area contributed by atoms with Gasteiger partial charge in [-0.1, -0.05) is 54.6 Å². The average molecular weight is 422 g/mol. The number of nitrogens with one attached hydrogen (secondary N) is 2. The van der Waals surface area contributed by atoms with E-state index in [1.807, 2.05) is 47.8 Å². The summed E-state index contributed by atoms with van der Waals surface area (Å²) in [7, 11) is 0. The van der Waals surface area contributed by atoms with Crippen molar-refractivity contribution in [2.24, 2.45) is 0 Å². The quantitative estimate of drug-likeness (QED) is 0.500. The number of ketones is 1. The number of aromatic nitrogens is 1. The molecule has 30 heavy (non-hydrogen) atoms. The molecule has 3 aromatic rings. The van der Waals surface area contributed by atoms with Crippen LogP contribution in [0.5, 0.6) is 0 Å². The van der Waals surface area contributed by atoms with E-state index in [2.05, 4.69) is 15.6 Å². The first kappa shape index (κ1) is 21.4. The van der Waals surface area contributed by atoms with Gasteiger partial charge in [0.25, 0.3) is 0 Å². The van der Waals surface area contributed by atoms with E-state index < -0.39 is 0 Å². The van der Waals surface area contributed by atoms with Crippen molar-refractivity contribution < 1.29 is 14.4 Å². The summed E-state index contributed by atoms with van der Waals surface area (Å²) in [6.07, 6.45) is 1.10. The number of thiazole rings is 1. The Morgan fingerprint density at radius 2 is 1.70 bits per heavy atom. The summed E-state index contributed by atoms with van der Waals surface area (Å²) >= 11 is 1.36. The van der Waals surface area contributed by atoms with Gasteiger partial charge in [0, 0.05) is 42.8 Å². The fraction of sp³-hybridized carbons (Fsp3) is 0.217. The van der Waals surface area contributed by atoms with Crippen molar-refractivity contribution in [1.29, 1.82) is 0 Å². The number of carbonyl (C=O) groups excluding carboxylic acids is 3. The van der Waals surface area contributed by atoms with Gasteiger partial charge in [0.1, 0.15) is 0 Å². The summed E-state index contributed by atoms with van der Waals surface area (Å²) in [5.74, 6) is -0.173. The molecule has 0 unspecified atom stereocenters. The van der Waals surface area contributed by atoms with E-state index in [0.717, 1.165) is 16.8 Å². The molecule has 1 heterocycles. The van der Waals surface area contributed by atoms with E-state index >= 15 is 0 Å². The molecule has 0 atom stereocenters. The van der Waals surface area contributed by atoms with Crippen LogP contribution in [-0.4, -0.2) is 22.6 Å². The number of hydrogen-bond acceptors (Lipinski definition) is 5. The average Bonchev–Trinajstić information content (AvgIpc) is 3.21. The van der Waals surface area contributed by atoms with Crippen molar-refractivity contribution in [3.05, 3.63) is 71.1 Å². The van der Waals surface area contributed by atoms with E-state index in [4.69, 9.17) is 0 Å². The van der Waals surface area contributed by atoms with Gasteiger partial charge in [-0.05, 0) is 12.0 Å². The second-order valence-electron chi connectivity index (χ2n) is 6.84. The number of nitrogens with zero attached hydrogens (tertiary/aromatic N) is 1. The zero-order chi connectivity index (χ0) is 21.3. The lowest BCUT2D eigenvalue weighted by molar-refractivity contribution is -0.119. The zero-order valence-corrected chi connectivity index (χ0v) is 17.5. The Morgan fingerprint density at radius 3 is 2.40 bits per heavy atom. The Morgan fingerprint density at radius 1 is 0.967 bits per heavy atom. The maximum Gasteiger partial charge on any atom is 0.226 e. The van der Waals surface area contributed by atoms with Crippen LogP contribution >= 0.6 is 11.3 Å². The zero-order valence-electron chi connectivity index (χ0n) is 16.7. The largest absolute Gasteiger partial charge is 0.352 e. The van der Waals surface area contributed by atoms with E-state index in [1.165, 1.54) is 18.3 Å². The predicted molar refractivity (Wildman–Crippen MR) is 118 cm³/mol. The Labute approximate surface area is 179 Å². The second-order valence-corrected chi connectivity index (χ2v) is 7.69. The van der Waals surface area contributed by atoms with Crippen LogP contribution in [-0.2, 0) is 16.1 Å². The molecular weight excluding hydrogens is 398 g/mol. The van der Waals surface area contributed by atoms with Gasteiger partial charge < -0.3 is 10.6 Å². The smallest absolute Gasteiger partial charge is 0.226 e. The third-order valence-corrected chi connectivity index (χ3v) is 5.20. The van der Waals surface area contributed by atoms with Gasteiger partial charge in [0.15, 0.2) is 10.9 Å². The lowest BCUT2D eigenvalue weighted by atomic mass is 10.1. The van der Waals surface area contributed by atoms with E-state index in [1.54, 1.807) is 12.1 Å². The van der Waals surface area contributed by atoms with Gasteiger partial charge in [-0.3, -0.25) is 14.4 Å². The molecule has 154 valence electrons. The summed E-state index contributed by atoms with van der Waals surface area (Å²) < 4.78 is 0. The van der Waals surface area contributed by atoms with Crippen LogP contribution in [0, 0.1) is 0 Å². The molecule has 2 amide bonds. The van der Waals surface area contributed by atoms with Crippen LogP contribution in [0.4, 0.5) is 5.13 Å². The molecule has 2 aromatic carbocycles. The first-order valence-corrected chi connectivity index (χ1v) is 10.6. The minimum Gasteiger partial charge on any atom is -0.352 e. The fourth-order valence-electron chi connectivity index (χ4n) is 2.84. The summed E-state index contributed by atoms with van der Waals surface area (Å²) in [6.45, 7) is 1.97. The van der Waals surface area contributed by atoms with Gasteiger partial charge in [0.05, 0.1) is 5.69 Å². The number of anilines is 1. The van der Waals surface area contributed by atoms with Crippen molar-refractivity contribution in [3.8, 4) is 11.3 Å². The molecule has 0 aliphatic carbocycles. The van der Waals surface area contributed by atoms with E-state index in [0.29, 0.717) is 30.1 Å². The minimum absolute atomic E-state index is 0.0434. The highest BCUT2D eigenvalue weighted by Crippen LogP contribution is 2.25. The first-order valence-electron chi connectivity index (χ1n) is 9.68. The molecule has 7 heteroatoms. The summed E-state index contributed by atoms with van der Waals surface area (Å²) in [5.41, 5.74) is 3.39. The van der Waals surface area contributed by atoms with Crippen molar-refractivity contribution in [2.75, 3.05) is 5.32 Å². The van der Waals surface area contributed by atoms with Crippen LogP contribution in [0.25, 0.3) is 11.3 Å². The maximum absolute atomic E-state index is 12.2. The number of rotatable bonds is 9. The molecular formula is C23H23N3O3S. The molecule has 0 fully saturated rings. The molecule has 3 rings (SSSR count). The van der Waals surface area contributed by atoms with Crippen LogP contribution in [0.3, 0.4) is 0 Å². The standard InChI is InChI=1S/C23H23N3O3S/c1-16(27)24-14-17-10-12-18(13-11-17)20-15-30-23(25-20)26-22(29)9-5-8-21(28)19-6-3-2-4-7-19/h2-4,6-7,10-13,15H,5,8-9,14H2,1H3,(H,24,27)(H,25,26,29). The van der Waals surface area contributed by atoms with Crippen LogP contribution < -0.4 is 10.6 Å². The molecule has 0 aliphatic heterocycles. The van der Waals surface area contributed by atoms with Crippen LogP contribution in [0.2, 0.25) is 0 Å². The Balaban J connectivity index is 1.47. The van der Waals surface area contributed by atoms with E-state index in [9.17, 15) is 14.4 Å². The fourth-order valence-corrected chi connectivity index (χ4v) is 3.58. The topological polar surface area (TPSA) is 88.2 Å². The number of benzene rings is 2. The maximum atomic E-state index is 12.2. The van der Waals surface area contributed by atoms with Gasteiger partial charge in [0.2, 0.25) is 11.8 Å². The molecule has 0 aliphatic rings. The number of Topliss-reactive ketones (excluding diaryl/α,β-unsaturated/α-hetero) is 1. The lowest BCUT2D eigenvalue weighted by Crippen LogP contribution is -2.18. The molecule has 0 bridgehead atoms. The molecule has 0 spiro atoms. The predicted octanol–water partition coefficient (Wildman–Crippen LogP) is 4.44. The van der Waals surface area contributed by atoms with Crippen molar-refractivity contribution in [3.63, 3.8) is 0 Å². The second kappa shape index (κ2) is 10.5. The molecule has 1 aromatic heterocycles. The van der Waals surface area contributed by atoms with Crippen LogP contribution in [0.1, 0.15) is 42.1 Å². The Kier molecular flexibility index (Phi) is 7.45. The first-order chi connectivity index (χ1) is 14.5. The number of carbonyl (C=O) groups is 3. The molecule has 0 saturated heterocycles. The third-order valence-electron chi connectivity index (χ3n) is 4.45. The van der Waals surface area contributed by atoms with E-state index in [-0.39, 0.29) is 24.0 Å². The van der Waals surface area contributed by atoms with Crippen molar-refractivity contribution in [2.45, 2.75) is 32.7 Å². The summed E-state index contributed by atoms with van der Waals surface area (Å²) in [4.78, 5) is 39.7. The molecule has 0 radical (unpaired) electrons. The summed E-state index contributed by atoms with van der Waals surface area (Å²) in [5, 5.41) is 7.98. The van der Waals surface area contributed by atoms with Gasteiger partial charge in [-0.2, -0.15) is 0 Å². The summed E-state index contributed by atoms with van der Waals surface area (Å²) in [6, 6.07) is 16.8. The van der Waals surface area contributed by atoms with Crippen molar-refractivity contribution in [1.82, 2.24) is 10.3 Å². The highest BCUT2D eigenvalue weighted by molar-refractivity contribution is 7.14. The monoisotopic (exact) mass is 421 g/mol. The molecule has 2 N–H and O–H groups in total. The SMILES string of the molecule is CC(=O)NCc1ccc(-c2csc(NC(=O)CCCC(=O)c3ccccc3)n2)cc1. The highest BCUT2D eigenvalue weighted by atomic mass is 32.1. The van der Waals surface area contributed by atoms with Gasteiger partial charge in [-0.25, -0.2) is 4.98 Å². The Hall–Kier alpha value is -3.32. The third kappa shape index (κ3) is 6.35. The van der Waals surface area contributed by atoms with Crippen LogP contribution in [0.15, 0.2) is 60.0 Å². The van der Waals surface area contributed by atoms with Crippen molar-refractivity contribution >= 4 is 34.1 Å². The minimum atomic E-state index is -0.151. The van der Waals surface area contributed by atoms with Gasteiger partial charge in [-0.15, -0.1) is 11.3 Å². The normalized spacial score (nSPS) is 10.4. The molecule has 6 nitrogen and oxygen atoms in total. The van der Waals surface area contributed by atoms with Gasteiger partial charge >= 0.3 is 0 Å². The highest BCUT2D eigenvalue weighted by Gasteiger charge is 2.10. The number of hydrogen-bond donors (Lipinski definition) is 2. The lowest BCUT2D eigenvalue weighted by Gasteiger charge is -2.04. The molecule has 0 saturated carbocycles. The Bertz CT molecular complexity index is 1010. The number of amides is 2.